The lowest BCUT2D eigenvalue weighted by Gasteiger charge is -2.28. The summed E-state index contributed by atoms with van der Waals surface area (Å²) in [5.41, 5.74) is 4.18. The molecule has 0 amide bonds. The van der Waals surface area contributed by atoms with Gasteiger partial charge in [-0.25, -0.2) is 9.97 Å². The maximum absolute atomic E-state index is 11.3. The molecular weight excluding hydrogens is 398 g/mol. The van der Waals surface area contributed by atoms with Crippen molar-refractivity contribution in [1.29, 1.82) is 0 Å². The molecule has 0 spiro atoms. The van der Waals surface area contributed by atoms with E-state index in [0.29, 0.717) is 11.5 Å². The first-order valence-corrected chi connectivity index (χ1v) is 10.6. The summed E-state index contributed by atoms with van der Waals surface area (Å²) in [6.45, 7) is 3.77. The molecule has 1 aliphatic carbocycles. The fourth-order valence-electron chi connectivity index (χ4n) is 4.99. The predicted molar refractivity (Wildman–Crippen MR) is 111 cm³/mol. The molecule has 1 unspecified atom stereocenters. The van der Waals surface area contributed by atoms with Gasteiger partial charge in [0.15, 0.2) is 12.0 Å². The molecule has 8 heteroatoms. The van der Waals surface area contributed by atoms with Crippen LogP contribution in [0.15, 0.2) is 36.8 Å². The number of ether oxygens (including phenoxy) is 4. The van der Waals surface area contributed by atoms with E-state index in [2.05, 4.69) is 22.1 Å². The Kier molecular flexibility index (Phi) is 4.17. The van der Waals surface area contributed by atoms with Crippen molar-refractivity contribution in [3.63, 3.8) is 0 Å². The monoisotopic (exact) mass is 423 g/mol. The standard InChI is InChI=1S/C23H25N3O5/c1-23(2)30-18-17(16(27)14-7-5-12-4-6-13(12)10-14)29-22(19(18)31-23)26-9-8-15-20(26)24-11-25-21(15)28-3/h5,7-11,16-19,22,27H,4,6H2,1-3H3/t16?,17-,18-,19-,22-/m1/s1. The summed E-state index contributed by atoms with van der Waals surface area (Å²) >= 11 is 0. The van der Waals surface area contributed by atoms with Crippen molar-refractivity contribution in [2.45, 2.75) is 63.1 Å². The van der Waals surface area contributed by atoms with Crippen LogP contribution in [0.25, 0.3) is 11.0 Å². The number of hydrogen-bond donors (Lipinski definition) is 1. The van der Waals surface area contributed by atoms with Gasteiger partial charge in [0.1, 0.15) is 36.4 Å². The van der Waals surface area contributed by atoms with Gasteiger partial charge >= 0.3 is 0 Å². The summed E-state index contributed by atoms with van der Waals surface area (Å²) in [7, 11) is 1.58. The first-order chi connectivity index (χ1) is 14.9. The van der Waals surface area contributed by atoms with E-state index in [-0.39, 0.29) is 0 Å². The molecule has 8 nitrogen and oxygen atoms in total. The van der Waals surface area contributed by atoms with Crippen LogP contribution in [0.4, 0.5) is 0 Å². The topological polar surface area (TPSA) is 87.9 Å². The normalized spacial score (nSPS) is 29.4. The summed E-state index contributed by atoms with van der Waals surface area (Å²) in [5, 5.41) is 12.1. The average Bonchev–Trinajstić information content (AvgIpc) is 3.38. The number of aliphatic hydroxyl groups is 1. The van der Waals surface area contributed by atoms with E-state index in [0.717, 1.165) is 23.8 Å². The van der Waals surface area contributed by atoms with Gasteiger partial charge in [0, 0.05) is 6.20 Å². The van der Waals surface area contributed by atoms with Gasteiger partial charge in [-0.1, -0.05) is 18.2 Å². The van der Waals surface area contributed by atoms with Crippen molar-refractivity contribution in [2.75, 3.05) is 7.11 Å². The SMILES string of the molecule is COc1ncnc2c1ccn2[C@@H]1O[C@H](C(O)c2ccc3c(c2)CC3)[C@H]2OC(C)(C)O[C@H]21. The zero-order valence-corrected chi connectivity index (χ0v) is 17.7. The number of hydrogen-bond acceptors (Lipinski definition) is 7. The van der Waals surface area contributed by atoms with Gasteiger partial charge < -0.3 is 28.6 Å². The molecular formula is C23H25N3O5. The van der Waals surface area contributed by atoms with Crippen LogP contribution in [-0.2, 0) is 27.1 Å². The molecule has 1 aromatic carbocycles. The molecule has 31 heavy (non-hydrogen) atoms. The molecule has 5 atom stereocenters. The van der Waals surface area contributed by atoms with Crippen molar-refractivity contribution in [2.24, 2.45) is 0 Å². The Bertz CT molecular complexity index is 1160. The van der Waals surface area contributed by atoms with Gasteiger partial charge in [0.05, 0.1) is 12.5 Å². The van der Waals surface area contributed by atoms with E-state index in [1.54, 1.807) is 7.11 Å². The molecule has 3 aliphatic rings. The molecule has 0 radical (unpaired) electrons. The molecule has 3 aromatic rings. The number of aromatic nitrogens is 3. The van der Waals surface area contributed by atoms with Crippen LogP contribution in [0.2, 0.25) is 0 Å². The summed E-state index contributed by atoms with van der Waals surface area (Å²) in [6.07, 6.45) is 2.81. The van der Waals surface area contributed by atoms with E-state index >= 15 is 0 Å². The number of aryl methyl sites for hydroxylation is 2. The summed E-state index contributed by atoms with van der Waals surface area (Å²) in [5.74, 6) is -0.272. The van der Waals surface area contributed by atoms with Gasteiger partial charge in [-0.2, -0.15) is 0 Å². The maximum Gasteiger partial charge on any atom is 0.225 e. The molecule has 2 saturated heterocycles. The highest BCUT2D eigenvalue weighted by Crippen LogP contribution is 2.47. The first kappa shape index (κ1) is 19.2. The largest absolute Gasteiger partial charge is 0.480 e. The van der Waals surface area contributed by atoms with E-state index < -0.39 is 36.4 Å². The Morgan fingerprint density at radius 3 is 2.68 bits per heavy atom. The minimum atomic E-state index is -0.827. The molecule has 1 N–H and O–H groups in total. The van der Waals surface area contributed by atoms with Gasteiger partial charge in [-0.05, 0) is 49.4 Å². The number of nitrogens with zero attached hydrogens (tertiary/aromatic N) is 3. The number of benzene rings is 1. The van der Waals surface area contributed by atoms with E-state index in [9.17, 15) is 5.11 Å². The lowest BCUT2D eigenvalue weighted by Crippen LogP contribution is -2.34. The molecule has 6 rings (SSSR count). The van der Waals surface area contributed by atoms with Crippen LogP contribution in [-0.4, -0.2) is 50.9 Å². The van der Waals surface area contributed by atoms with Crippen LogP contribution < -0.4 is 4.74 Å². The maximum atomic E-state index is 11.3. The van der Waals surface area contributed by atoms with Crippen molar-refractivity contribution in [3.8, 4) is 5.88 Å². The van der Waals surface area contributed by atoms with E-state index in [1.807, 2.05) is 36.7 Å². The molecule has 2 aromatic heterocycles. The number of methoxy groups -OCH3 is 1. The minimum Gasteiger partial charge on any atom is -0.480 e. The quantitative estimate of drug-likeness (QED) is 0.690. The third-order valence-electron chi connectivity index (χ3n) is 6.55. The Morgan fingerprint density at radius 1 is 1.13 bits per heavy atom. The number of fused-ring (bicyclic) bond motifs is 3. The zero-order valence-electron chi connectivity index (χ0n) is 17.7. The summed E-state index contributed by atoms with van der Waals surface area (Å²) < 4.78 is 26.1. The van der Waals surface area contributed by atoms with E-state index in [4.69, 9.17) is 18.9 Å². The van der Waals surface area contributed by atoms with Crippen LogP contribution in [0.3, 0.4) is 0 Å². The lowest BCUT2D eigenvalue weighted by atomic mass is 9.85. The predicted octanol–water partition coefficient (Wildman–Crippen LogP) is 2.69. The molecule has 162 valence electrons. The van der Waals surface area contributed by atoms with Gasteiger partial charge in [0.25, 0.3) is 0 Å². The Labute approximate surface area is 179 Å². The fraction of sp³-hybridized carbons (Fsp3) is 0.478. The van der Waals surface area contributed by atoms with Gasteiger partial charge in [0.2, 0.25) is 5.88 Å². The van der Waals surface area contributed by atoms with Gasteiger partial charge in [-0.3, -0.25) is 0 Å². The van der Waals surface area contributed by atoms with Crippen molar-refractivity contribution < 1.29 is 24.1 Å². The summed E-state index contributed by atoms with van der Waals surface area (Å²) in [6, 6.07) is 8.06. The lowest BCUT2D eigenvalue weighted by molar-refractivity contribution is -0.207. The second-order valence-corrected chi connectivity index (χ2v) is 8.87. The number of rotatable bonds is 4. The smallest absolute Gasteiger partial charge is 0.225 e. The van der Waals surface area contributed by atoms with E-state index in [1.165, 1.54) is 17.5 Å². The molecule has 0 bridgehead atoms. The highest BCUT2D eigenvalue weighted by atomic mass is 16.8. The molecule has 2 fully saturated rings. The Hall–Kier alpha value is -2.52. The third kappa shape index (κ3) is 2.90. The number of aliphatic hydroxyl groups excluding tert-OH is 1. The molecule has 0 saturated carbocycles. The van der Waals surface area contributed by atoms with Crippen LogP contribution in [0.1, 0.15) is 42.9 Å². The fourth-order valence-corrected chi connectivity index (χ4v) is 4.99. The molecule has 2 aliphatic heterocycles. The van der Waals surface area contributed by atoms with Crippen molar-refractivity contribution >= 4 is 11.0 Å². The zero-order chi connectivity index (χ0) is 21.3. The second kappa shape index (κ2) is 6.74. The van der Waals surface area contributed by atoms with Crippen LogP contribution >= 0.6 is 0 Å². The Morgan fingerprint density at radius 2 is 1.94 bits per heavy atom. The van der Waals surface area contributed by atoms with Crippen LogP contribution in [0.5, 0.6) is 5.88 Å². The third-order valence-corrected chi connectivity index (χ3v) is 6.55. The van der Waals surface area contributed by atoms with Crippen molar-refractivity contribution in [3.05, 3.63) is 53.5 Å². The average molecular weight is 423 g/mol. The minimum absolute atomic E-state index is 0.391. The van der Waals surface area contributed by atoms with Crippen LogP contribution in [0, 0.1) is 0 Å². The van der Waals surface area contributed by atoms with Gasteiger partial charge in [-0.15, -0.1) is 0 Å². The Balaban J connectivity index is 1.38. The first-order valence-electron chi connectivity index (χ1n) is 10.6. The highest BCUT2D eigenvalue weighted by Gasteiger charge is 2.58. The summed E-state index contributed by atoms with van der Waals surface area (Å²) in [4.78, 5) is 8.61. The molecule has 4 heterocycles. The van der Waals surface area contributed by atoms with Crippen molar-refractivity contribution in [1.82, 2.24) is 14.5 Å². The second-order valence-electron chi connectivity index (χ2n) is 8.87. The highest BCUT2D eigenvalue weighted by molar-refractivity contribution is 5.81.